The number of hydrogen-bond acceptors (Lipinski definition) is 3. The molecule has 0 spiro atoms. The van der Waals surface area contributed by atoms with Crippen molar-refractivity contribution >= 4 is 40.0 Å². The van der Waals surface area contributed by atoms with Crippen LogP contribution in [0.5, 0.6) is 0 Å². The predicted octanol–water partition coefficient (Wildman–Crippen LogP) is 1.58. The molecule has 0 fully saturated rings. The van der Waals surface area contributed by atoms with Gasteiger partial charge in [0.15, 0.2) is 5.96 Å². The lowest BCUT2D eigenvalue weighted by Crippen LogP contribution is -2.38. The van der Waals surface area contributed by atoms with E-state index in [1.807, 2.05) is 6.92 Å². The van der Waals surface area contributed by atoms with Gasteiger partial charge < -0.3 is 10.6 Å². The molecule has 6 nitrogen and oxygen atoms in total. The summed E-state index contributed by atoms with van der Waals surface area (Å²) < 4.78 is 50.8. The molecule has 1 aromatic carbocycles. The molecule has 0 amide bonds. The molecule has 0 unspecified atom stereocenters. The summed E-state index contributed by atoms with van der Waals surface area (Å²) >= 11 is 0. The highest BCUT2D eigenvalue weighted by molar-refractivity contribution is 14.0. The minimum atomic E-state index is -3.19. The zero-order valence-corrected chi connectivity index (χ0v) is 16.8. The van der Waals surface area contributed by atoms with Crippen LogP contribution in [0.2, 0.25) is 0 Å². The summed E-state index contributed by atoms with van der Waals surface area (Å²) in [4.78, 5) is 4.18. The number of nitrogens with zero attached hydrogens (tertiary/aromatic N) is 1. The zero-order chi connectivity index (χ0) is 17.3. The van der Waals surface area contributed by atoms with Crippen molar-refractivity contribution in [3.63, 3.8) is 0 Å². The summed E-state index contributed by atoms with van der Waals surface area (Å²) in [5.74, 6) is -0.569. The molecule has 10 heteroatoms. The monoisotopic (exact) mass is 476 g/mol. The average molecular weight is 476 g/mol. The van der Waals surface area contributed by atoms with Crippen molar-refractivity contribution in [2.24, 2.45) is 4.99 Å². The molecule has 0 bridgehead atoms. The lowest BCUT2D eigenvalue weighted by Gasteiger charge is -2.11. The van der Waals surface area contributed by atoms with Gasteiger partial charge in [0.1, 0.15) is 11.6 Å². The molecule has 0 saturated heterocycles. The summed E-state index contributed by atoms with van der Waals surface area (Å²) in [5.41, 5.74) is 0.168. The van der Waals surface area contributed by atoms with Crippen molar-refractivity contribution in [3.8, 4) is 0 Å². The molecule has 0 aliphatic rings. The number of halogens is 3. The molecular formula is C14H23F2IN4O2S. The Morgan fingerprint density at radius 3 is 2.54 bits per heavy atom. The van der Waals surface area contributed by atoms with E-state index in [0.717, 1.165) is 24.5 Å². The second kappa shape index (κ2) is 11.5. The van der Waals surface area contributed by atoms with Gasteiger partial charge >= 0.3 is 0 Å². The Bertz CT molecular complexity index is 642. The molecule has 0 radical (unpaired) electrons. The van der Waals surface area contributed by atoms with E-state index in [-0.39, 0.29) is 36.1 Å². The first kappa shape index (κ1) is 23.0. The molecule has 0 saturated carbocycles. The normalized spacial score (nSPS) is 11.8. The summed E-state index contributed by atoms with van der Waals surface area (Å²) in [5, 5.41) is 5.98. The third-order valence-electron chi connectivity index (χ3n) is 2.77. The smallest absolute Gasteiger partial charge is 0.208 e. The van der Waals surface area contributed by atoms with Crippen LogP contribution in [0.15, 0.2) is 23.2 Å². The maximum absolute atomic E-state index is 13.5. The first-order chi connectivity index (χ1) is 10.8. The van der Waals surface area contributed by atoms with E-state index >= 15 is 0 Å². The number of nitrogens with one attached hydrogen (secondary N) is 3. The molecule has 0 aliphatic heterocycles. The van der Waals surface area contributed by atoms with Gasteiger partial charge in [-0.2, -0.15) is 0 Å². The Morgan fingerprint density at radius 2 is 1.92 bits per heavy atom. The molecular weight excluding hydrogens is 453 g/mol. The molecule has 0 atom stereocenters. The fourth-order valence-corrected chi connectivity index (χ4v) is 2.24. The van der Waals surface area contributed by atoms with E-state index in [4.69, 9.17) is 0 Å². The Kier molecular flexibility index (Phi) is 11.0. The maximum Gasteiger partial charge on any atom is 0.208 e. The minimum Gasteiger partial charge on any atom is -0.357 e. The first-order valence-electron chi connectivity index (χ1n) is 7.22. The van der Waals surface area contributed by atoms with Gasteiger partial charge in [-0.3, -0.25) is 0 Å². The fraction of sp³-hybridized carbons (Fsp3) is 0.500. The van der Waals surface area contributed by atoms with Gasteiger partial charge in [0.05, 0.1) is 12.8 Å². The van der Waals surface area contributed by atoms with Crippen molar-refractivity contribution in [1.29, 1.82) is 0 Å². The largest absolute Gasteiger partial charge is 0.357 e. The summed E-state index contributed by atoms with van der Waals surface area (Å²) in [7, 11) is -3.19. The van der Waals surface area contributed by atoms with Crippen LogP contribution in [0, 0.1) is 11.6 Å². The number of guanidine groups is 1. The zero-order valence-electron chi connectivity index (χ0n) is 13.6. The van der Waals surface area contributed by atoms with E-state index in [1.165, 1.54) is 0 Å². The number of benzene rings is 1. The van der Waals surface area contributed by atoms with Crippen molar-refractivity contribution < 1.29 is 17.2 Å². The molecule has 24 heavy (non-hydrogen) atoms. The Hall–Kier alpha value is -1.01. The molecule has 138 valence electrons. The third kappa shape index (κ3) is 9.98. The van der Waals surface area contributed by atoms with Gasteiger partial charge in [-0.25, -0.2) is 26.9 Å². The molecule has 0 aromatic heterocycles. The molecule has 0 aliphatic carbocycles. The number of aliphatic imine (C=N–C) groups is 1. The summed E-state index contributed by atoms with van der Waals surface area (Å²) in [6, 6.07) is 3.23. The topological polar surface area (TPSA) is 82.6 Å². The number of rotatable bonds is 8. The van der Waals surface area contributed by atoms with Gasteiger partial charge in [0, 0.05) is 25.2 Å². The minimum absolute atomic E-state index is 0. The lowest BCUT2D eigenvalue weighted by molar-refractivity contribution is 0.583. The van der Waals surface area contributed by atoms with Crippen LogP contribution in [-0.4, -0.2) is 40.3 Å². The standard InChI is InChI=1S/C14H22F2N4O2S.HI/c1-3-17-14(18-7-4-8-20-23(2,21)22)19-10-11-9-12(15)5-6-13(11)16;/h5-6,9,20H,3-4,7-8,10H2,1-2H3,(H2,17,18,19);1H. The van der Waals surface area contributed by atoms with Crippen molar-refractivity contribution in [1.82, 2.24) is 15.4 Å². The highest BCUT2D eigenvalue weighted by atomic mass is 127. The van der Waals surface area contributed by atoms with Crippen LogP contribution in [0.3, 0.4) is 0 Å². The van der Waals surface area contributed by atoms with Gasteiger partial charge in [0.25, 0.3) is 0 Å². The van der Waals surface area contributed by atoms with Gasteiger partial charge in [-0.05, 0) is 31.5 Å². The molecule has 1 rings (SSSR count). The number of sulfonamides is 1. The van der Waals surface area contributed by atoms with Crippen LogP contribution >= 0.6 is 24.0 Å². The van der Waals surface area contributed by atoms with Crippen LogP contribution in [0.4, 0.5) is 8.78 Å². The van der Waals surface area contributed by atoms with E-state index in [2.05, 4.69) is 20.3 Å². The molecule has 3 N–H and O–H groups in total. The van der Waals surface area contributed by atoms with Gasteiger partial charge in [-0.1, -0.05) is 0 Å². The highest BCUT2D eigenvalue weighted by Crippen LogP contribution is 2.10. The molecule has 0 heterocycles. The maximum atomic E-state index is 13.5. The van der Waals surface area contributed by atoms with Crippen molar-refractivity contribution in [3.05, 3.63) is 35.4 Å². The average Bonchev–Trinajstić information content (AvgIpc) is 2.46. The summed E-state index contributed by atoms with van der Waals surface area (Å²) in [6.07, 6.45) is 1.66. The van der Waals surface area contributed by atoms with E-state index in [0.29, 0.717) is 32.0 Å². The van der Waals surface area contributed by atoms with Crippen LogP contribution in [-0.2, 0) is 16.6 Å². The Morgan fingerprint density at radius 1 is 1.21 bits per heavy atom. The van der Waals surface area contributed by atoms with E-state index < -0.39 is 21.7 Å². The third-order valence-corrected chi connectivity index (χ3v) is 3.50. The van der Waals surface area contributed by atoms with Crippen LogP contribution < -0.4 is 15.4 Å². The lowest BCUT2D eigenvalue weighted by atomic mass is 10.2. The van der Waals surface area contributed by atoms with Crippen molar-refractivity contribution in [2.45, 2.75) is 19.9 Å². The van der Waals surface area contributed by atoms with Gasteiger partial charge in [0.2, 0.25) is 10.0 Å². The van der Waals surface area contributed by atoms with Crippen molar-refractivity contribution in [2.75, 3.05) is 25.9 Å². The Balaban J connectivity index is 0.00000529. The van der Waals surface area contributed by atoms with E-state index in [9.17, 15) is 17.2 Å². The Labute approximate surface area is 158 Å². The molecule has 1 aromatic rings. The second-order valence-corrected chi connectivity index (χ2v) is 6.71. The van der Waals surface area contributed by atoms with E-state index in [1.54, 1.807) is 0 Å². The quantitative estimate of drug-likeness (QED) is 0.230. The fourth-order valence-electron chi connectivity index (χ4n) is 1.72. The first-order valence-corrected chi connectivity index (χ1v) is 9.11. The second-order valence-electron chi connectivity index (χ2n) is 4.88. The van der Waals surface area contributed by atoms with Crippen LogP contribution in [0.25, 0.3) is 0 Å². The highest BCUT2D eigenvalue weighted by Gasteiger charge is 2.04. The SMILES string of the molecule is CCNC(=NCc1cc(F)ccc1F)NCCCNS(C)(=O)=O.I. The number of hydrogen-bond donors (Lipinski definition) is 3. The van der Waals surface area contributed by atoms with Crippen LogP contribution in [0.1, 0.15) is 18.9 Å². The van der Waals surface area contributed by atoms with Gasteiger partial charge in [-0.15, -0.1) is 24.0 Å². The summed E-state index contributed by atoms with van der Waals surface area (Å²) in [6.45, 7) is 3.29. The predicted molar refractivity (Wildman–Crippen MR) is 102 cm³/mol.